The number of terminal acetylenes is 1. The maximum absolute atomic E-state index is 12.0. The Bertz CT molecular complexity index is 541. The van der Waals surface area contributed by atoms with Crippen molar-refractivity contribution in [2.24, 2.45) is 5.10 Å². The predicted octanol–water partition coefficient (Wildman–Crippen LogP) is 1.89. The van der Waals surface area contributed by atoms with Crippen molar-refractivity contribution in [3.8, 4) is 12.3 Å². The molecule has 1 heterocycles. The van der Waals surface area contributed by atoms with Crippen molar-refractivity contribution in [3.63, 3.8) is 0 Å². The van der Waals surface area contributed by atoms with Gasteiger partial charge in [0.2, 0.25) is 0 Å². The number of hydrogen-bond donors (Lipinski definition) is 1. The van der Waals surface area contributed by atoms with Crippen molar-refractivity contribution in [2.45, 2.75) is 5.50 Å². The van der Waals surface area contributed by atoms with Crippen molar-refractivity contribution in [1.82, 2.24) is 10.3 Å². The minimum absolute atomic E-state index is 0. The van der Waals surface area contributed by atoms with Gasteiger partial charge >= 0.3 is 0 Å². The topological polar surface area (TPSA) is 44.7 Å². The molecule has 1 aromatic rings. The van der Waals surface area contributed by atoms with Crippen LogP contribution in [0, 0.1) is 18.4 Å². The van der Waals surface area contributed by atoms with Crippen molar-refractivity contribution in [3.05, 3.63) is 34.3 Å². The van der Waals surface area contributed by atoms with Gasteiger partial charge in [0.15, 0.2) is 16.4 Å². The molecule has 1 aliphatic heterocycles. The molecule has 1 amide bonds. The molecule has 7 heteroatoms. The Balaban J connectivity index is 0.00000180. The molecule has 95 valence electrons. The SMILES string of the molecule is C#CC1=NN(C)C(NC(=O)c2[c-]cc(Br)cc2)S1.[Y]. The largest absolute Gasteiger partial charge is 0.362 e. The molecule has 1 atom stereocenters. The first-order valence-electron chi connectivity index (χ1n) is 5.03. The van der Waals surface area contributed by atoms with E-state index in [1.807, 2.05) is 0 Å². The average Bonchev–Trinajstić information content (AvgIpc) is 2.71. The Hall–Kier alpha value is -0.346. The van der Waals surface area contributed by atoms with E-state index < -0.39 is 0 Å². The van der Waals surface area contributed by atoms with E-state index in [4.69, 9.17) is 6.42 Å². The Kier molecular flexibility index (Phi) is 6.54. The molecule has 1 unspecified atom stereocenters. The van der Waals surface area contributed by atoms with E-state index in [2.05, 4.69) is 38.3 Å². The Morgan fingerprint density at radius 3 is 2.95 bits per heavy atom. The molecular weight excluding hydrogens is 403 g/mol. The van der Waals surface area contributed by atoms with Crippen molar-refractivity contribution < 1.29 is 37.5 Å². The van der Waals surface area contributed by atoms with E-state index in [1.165, 1.54) is 11.8 Å². The third-order valence-electron chi connectivity index (χ3n) is 2.21. The first kappa shape index (κ1) is 16.7. The second-order valence-corrected chi connectivity index (χ2v) is 5.47. The summed E-state index contributed by atoms with van der Waals surface area (Å²) in [6.45, 7) is 0. The van der Waals surface area contributed by atoms with Crippen molar-refractivity contribution >= 4 is 38.6 Å². The summed E-state index contributed by atoms with van der Waals surface area (Å²) in [4.78, 5) is 12.0. The van der Waals surface area contributed by atoms with Gasteiger partial charge in [0, 0.05) is 39.8 Å². The van der Waals surface area contributed by atoms with Crippen LogP contribution < -0.4 is 5.32 Å². The number of thioether (sulfide) groups is 1. The van der Waals surface area contributed by atoms with Crippen LogP contribution in [0.5, 0.6) is 0 Å². The summed E-state index contributed by atoms with van der Waals surface area (Å²) in [6.07, 6.45) is 5.26. The summed E-state index contributed by atoms with van der Waals surface area (Å²) < 4.78 is 0.879. The summed E-state index contributed by atoms with van der Waals surface area (Å²) in [5, 5.41) is 9.10. The van der Waals surface area contributed by atoms with E-state index in [0.29, 0.717) is 10.6 Å². The van der Waals surface area contributed by atoms with Crippen LogP contribution in [-0.4, -0.2) is 28.5 Å². The maximum atomic E-state index is 12.0. The first-order chi connectivity index (χ1) is 8.60. The molecule has 1 radical (unpaired) electrons. The smallest absolute Gasteiger partial charge is 0.170 e. The van der Waals surface area contributed by atoms with E-state index in [9.17, 15) is 4.79 Å². The minimum atomic E-state index is -0.277. The molecule has 0 aromatic heterocycles. The third kappa shape index (κ3) is 4.32. The average molecular weight is 412 g/mol. The van der Waals surface area contributed by atoms with Gasteiger partial charge in [-0.3, -0.25) is 5.01 Å². The summed E-state index contributed by atoms with van der Waals surface area (Å²) >= 11 is 4.62. The van der Waals surface area contributed by atoms with Crippen LogP contribution in [0.15, 0.2) is 27.8 Å². The van der Waals surface area contributed by atoms with Gasteiger partial charge in [-0.05, 0) is 17.7 Å². The fraction of sp³-hybridized carbons (Fsp3) is 0.167. The normalized spacial score (nSPS) is 17.2. The maximum Gasteiger partial charge on any atom is 0.170 e. The van der Waals surface area contributed by atoms with Crippen LogP contribution >= 0.6 is 27.7 Å². The minimum Gasteiger partial charge on any atom is -0.362 e. The van der Waals surface area contributed by atoms with E-state index in [0.717, 1.165) is 4.47 Å². The van der Waals surface area contributed by atoms with Gasteiger partial charge < -0.3 is 10.1 Å². The van der Waals surface area contributed by atoms with Gasteiger partial charge in [0.05, 0.1) is 0 Å². The molecule has 1 N–H and O–H groups in total. The Morgan fingerprint density at radius 2 is 2.42 bits per heavy atom. The molecule has 0 bridgehead atoms. The van der Waals surface area contributed by atoms with Gasteiger partial charge in [-0.15, -0.1) is 46.6 Å². The van der Waals surface area contributed by atoms with Gasteiger partial charge in [0.25, 0.3) is 0 Å². The Morgan fingerprint density at radius 1 is 1.68 bits per heavy atom. The van der Waals surface area contributed by atoms with Gasteiger partial charge in [-0.25, -0.2) is 0 Å². The number of nitrogens with zero attached hydrogens (tertiary/aromatic N) is 2. The standard InChI is InChI=1S/C12H9BrN3OS.Y/c1-3-10-15-16(2)12(18-10)14-11(17)8-4-6-9(13)7-5-8;/h1,4,6-7,12H,2H3,(H,14,17);/q-1;. The molecular formula is C12H9BrN3OSY-. The second-order valence-electron chi connectivity index (χ2n) is 3.49. The van der Waals surface area contributed by atoms with E-state index in [1.54, 1.807) is 30.3 Å². The number of carbonyl (C=O) groups excluding carboxylic acids is 1. The monoisotopic (exact) mass is 411 g/mol. The molecule has 1 aliphatic rings. The quantitative estimate of drug-likeness (QED) is 0.597. The molecule has 0 fully saturated rings. The molecule has 2 rings (SSSR count). The fourth-order valence-corrected chi connectivity index (χ4v) is 2.39. The Labute approximate surface area is 149 Å². The summed E-state index contributed by atoms with van der Waals surface area (Å²) in [7, 11) is 1.76. The predicted molar refractivity (Wildman–Crippen MR) is 75.9 cm³/mol. The third-order valence-corrected chi connectivity index (χ3v) is 3.77. The van der Waals surface area contributed by atoms with Gasteiger partial charge in [0.1, 0.15) is 0 Å². The van der Waals surface area contributed by atoms with Crippen LogP contribution in [0.2, 0.25) is 0 Å². The number of benzene rings is 1. The van der Waals surface area contributed by atoms with Crippen LogP contribution in [0.4, 0.5) is 0 Å². The van der Waals surface area contributed by atoms with Crippen LogP contribution in [0.1, 0.15) is 10.4 Å². The second kappa shape index (κ2) is 7.44. The molecule has 0 aliphatic carbocycles. The number of halogens is 1. The molecule has 0 spiro atoms. The van der Waals surface area contributed by atoms with E-state index >= 15 is 0 Å². The van der Waals surface area contributed by atoms with E-state index in [-0.39, 0.29) is 44.1 Å². The number of carbonyl (C=O) groups is 1. The van der Waals surface area contributed by atoms with Crippen molar-refractivity contribution in [1.29, 1.82) is 0 Å². The molecule has 4 nitrogen and oxygen atoms in total. The molecule has 1 aromatic carbocycles. The first-order valence-corrected chi connectivity index (χ1v) is 6.70. The zero-order valence-corrected chi connectivity index (χ0v) is 15.3. The fourth-order valence-electron chi connectivity index (χ4n) is 1.32. The van der Waals surface area contributed by atoms with Gasteiger partial charge in [-0.1, -0.05) is 10.0 Å². The molecule has 0 saturated heterocycles. The number of rotatable bonds is 2. The van der Waals surface area contributed by atoms with Gasteiger partial charge in [-0.2, -0.15) is 5.10 Å². The summed E-state index contributed by atoms with van der Waals surface area (Å²) in [5.74, 6) is 2.24. The number of amides is 1. The van der Waals surface area contributed by atoms with Crippen LogP contribution in [-0.2, 0) is 32.7 Å². The van der Waals surface area contributed by atoms with Crippen LogP contribution in [0.25, 0.3) is 0 Å². The number of hydrogen-bond acceptors (Lipinski definition) is 4. The van der Waals surface area contributed by atoms with Crippen molar-refractivity contribution in [2.75, 3.05) is 7.05 Å². The molecule has 19 heavy (non-hydrogen) atoms. The molecule has 0 saturated carbocycles. The number of hydrazone groups is 1. The number of nitrogens with one attached hydrogen (secondary N) is 1. The van der Waals surface area contributed by atoms with Crippen LogP contribution in [0.3, 0.4) is 0 Å². The zero-order valence-electron chi connectivity index (χ0n) is 10.1. The summed E-state index contributed by atoms with van der Waals surface area (Å²) in [6, 6.07) is 8.07. The zero-order chi connectivity index (χ0) is 13.1. The summed E-state index contributed by atoms with van der Waals surface area (Å²) in [5.41, 5.74) is 0.196.